The van der Waals surface area contributed by atoms with Gasteiger partial charge in [0.2, 0.25) is 10.0 Å². The first kappa shape index (κ1) is 13.7. The number of nitrogens with one attached hydrogen (secondary N) is 3. The lowest BCUT2D eigenvalue weighted by Gasteiger charge is -2.09. The Balaban J connectivity index is 3.25. The highest BCUT2D eigenvalue weighted by Gasteiger charge is 2.21. The Kier molecular flexibility index (Phi) is 3.89. The predicted octanol–water partition coefficient (Wildman–Crippen LogP) is -0.694. The van der Waals surface area contributed by atoms with Crippen molar-refractivity contribution in [3.05, 3.63) is 26.5 Å². The van der Waals surface area contributed by atoms with E-state index >= 15 is 0 Å². The van der Waals surface area contributed by atoms with Crippen LogP contribution in [0.15, 0.2) is 14.5 Å². The van der Waals surface area contributed by atoms with Crippen molar-refractivity contribution in [2.75, 3.05) is 6.54 Å². The van der Waals surface area contributed by atoms with Gasteiger partial charge in [-0.05, 0) is 12.8 Å². The number of sulfonamides is 1. The summed E-state index contributed by atoms with van der Waals surface area (Å²) in [6.45, 7) is 5.26. The Hall–Kier alpha value is -1.41. The lowest BCUT2D eigenvalue weighted by Crippen LogP contribution is -2.36. The molecule has 96 valence electrons. The molecule has 0 unspecified atom stereocenters. The molecule has 0 aromatic carbocycles. The third kappa shape index (κ3) is 3.27. The maximum atomic E-state index is 11.8. The van der Waals surface area contributed by atoms with Crippen molar-refractivity contribution < 1.29 is 8.42 Å². The molecule has 1 rings (SSSR count). The summed E-state index contributed by atoms with van der Waals surface area (Å²) in [7, 11) is -3.90. The van der Waals surface area contributed by atoms with E-state index in [4.69, 9.17) is 0 Å². The Labute approximate surface area is 98.3 Å². The minimum absolute atomic E-state index is 0.0232. The minimum Gasteiger partial charge on any atom is -0.310 e. The van der Waals surface area contributed by atoms with Crippen LogP contribution in [0.4, 0.5) is 0 Å². The maximum absolute atomic E-state index is 11.8. The van der Waals surface area contributed by atoms with Crippen LogP contribution < -0.4 is 16.0 Å². The molecule has 1 aromatic rings. The van der Waals surface area contributed by atoms with Gasteiger partial charge < -0.3 is 4.98 Å². The van der Waals surface area contributed by atoms with Crippen LogP contribution in [-0.4, -0.2) is 24.9 Å². The van der Waals surface area contributed by atoms with E-state index in [9.17, 15) is 18.0 Å². The van der Waals surface area contributed by atoms with Gasteiger partial charge in [0.05, 0.1) is 0 Å². The number of H-pyrrole nitrogens is 2. The Morgan fingerprint density at radius 1 is 1.24 bits per heavy atom. The van der Waals surface area contributed by atoms with Gasteiger partial charge in [-0.1, -0.05) is 13.8 Å². The zero-order chi connectivity index (χ0) is 13.2. The first-order valence-corrected chi connectivity index (χ1v) is 6.55. The standard InChI is InChI=1S/C9H15N3O4S/c1-5(2)4-10-17(15,16)7-6(3)11-9(14)12-8(7)13/h5,10H,4H2,1-3H3,(H2,11,12,13,14). The molecule has 0 fully saturated rings. The van der Waals surface area contributed by atoms with Crippen LogP contribution in [0.25, 0.3) is 0 Å². The molecule has 0 atom stereocenters. The van der Waals surface area contributed by atoms with E-state index in [0.29, 0.717) is 0 Å². The Morgan fingerprint density at radius 3 is 2.29 bits per heavy atom. The molecule has 0 radical (unpaired) electrons. The molecule has 0 saturated heterocycles. The summed E-state index contributed by atoms with van der Waals surface area (Å²) in [5.74, 6) is 0.118. The van der Waals surface area contributed by atoms with Gasteiger partial charge in [0, 0.05) is 12.2 Å². The van der Waals surface area contributed by atoms with E-state index < -0.39 is 26.2 Å². The molecule has 17 heavy (non-hydrogen) atoms. The van der Waals surface area contributed by atoms with Crippen molar-refractivity contribution in [1.82, 2.24) is 14.7 Å². The van der Waals surface area contributed by atoms with E-state index in [1.165, 1.54) is 6.92 Å². The number of aryl methyl sites for hydroxylation is 1. The topological polar surface area (TPSA) is 112 Å². The molecule has 0 saturated carbocycles. The third-order valence-electron chi connectivity index (χ3n) is 2.03. The van der Waals surface area contributed by atoms with Crippen molar-refractivity contribution in [2.45, 2.75) is 25.7 Å². The summed E-state index contributed by atoms with van der Waals surface area (Å²) in [6, 6.07) is 0. The summed E-state index contributed by atoms with van der Waals surface area (Å²) in [5.41, 5.74) is -1.62. The molecule has 1 heterocycles. The summed E-state index contributed by atoms with van der Waals surface area (Å²) >= 11 is 0. The fourth-order valence-electron chi connectivity index (χ4n) is 1.26. The van der Waals surface area contributed by atoms with Crippen LogP contribution in [0.5, 0.6) is 0 Å². The van der Waals surface area contributed by atoms with Gasteiger partial charge >= 0.3 is 5.69 Å². The van der Waals surface area contributed by atoms with Gasteiger partial charge in [0.25, 0.3) is 5.56 Å². The molecular weight excluding hydrogens is 246 g/mol. The second-order valence-electron chi connectivity index (χ2n) is 4.11. The van der Waals surface area contributed by atoms with Crippen LogP contribution in [-0.2, 0) is 10.0 Å². The highest BCUT2D eigenvalue weighted by atomic mass is 32.2. The van der Waals surface area contributed by atoms with Crippen LogP contribution >= 0.6 is 0 Å². The average Bonchev–Trinajstić information content (AvgIpc) is 2.12. The second kappa shape index (κ2) is 4.84. The molecule has 3 N–H and O–H groups in total. The van der Waals surface area contributed by atoms with Crippen molar-refractivity contribution in [1.29, 1.82) is 0 Å². The summed E-state index contributed by atoms with van der Waals surface area (Å²) in [5, 5.41) is 0. The number of hydrogen-bond acceptors (Lipinski definition) is 4. The smallest absolute Gasteiger partial charge is 0.310 e. The molecule has 1 aromatic heterocycles. The molecule has 0 aliphatic rings. The van der Waals surface area contributed by atoms with E-state index in [0.717, 1.165) is 0 Å². The van der Waals surface area contributed by atoms with Crippen molar-refractivity contribution >= 4 is 10.0 Å². The zero-order valence-electron chi connectivity index (χ0n) is 9.83. The third-order valence-corrected chi connectivity index (χ3v) is 3.60. The van der Waals surface area contributed by atoms with Crippen molar-refractivity contribution in [3.63, 3.8) is 0 Å². The number of aromatic nitrogens is 2. The maximum Gasteiger partial charge on any atom is 0.325 e. The molecular formula is C9H15N3O4S. The fraction of sp³-hybridized carbons (Fsp3) is 0.556. The van der Waals surface area contributed by atoms with Gasteiger partial charge in [-0.25, -0.2) is 17.9 Å². The average molecular weight is 261 g/mol. The number of hydrogen-bond donors (Lipinski definition) is 3. The number of rotatable bonds is 4. The van der Waals surface area contributed by atoms with E-state index in [1.54, 1.807) is 0 Å². The highest BCUT2D eigenvalue weighted by Crippen LogP contribution is 2.05. The molecule has 0 spiro atoms. The van der Waals surface area contributed by atoms with E-state index in [1.807, 2.05) is 18.8 Å². The summed E-state index contributed by atoms with van der Waals surface area (Å²) in [6.07, 6.45) is 0. The molecule has 0 aliphatic carbocycles. The van der Waals surface area contributed by atoms with Crippen LogP contribution in [0.1, 0.15) is 19.5 Å². The van der Waals surface area contributed by atoms with Gasteiger partial charge in [0.1, 0.15) is 0 Å². The van der Waals surface area contributed by atoms with Gasteiger partial charge in [-0.3, -0.25) is 9.78 Å². The Morgan fingerprint density at radius 2 is 1.82 bits per heavy atom. The molecule has 0 aliphatic heterocycles. The van der Waals surface area contributed by atoms with Gasteiger partial charge in [-0.15, -0.1) is 0 Å². The first-order valence-electron chi connectivity index (χ1n) is 5.07. The van der Waals surface area contributed by atoms with E-state index in [-0.39, 0.29) is 18.2 Å². The number of aromatic amines is 2. The Bertz CT molecular complexity index is 612. The van der Waals surface area contributed by atoms with Crippen LogP contribution in [0.2, 0.25) is 0 Å². The highest BCUT2D eigenvalue weighted by molar-refractivity contribution is 7.89. The largest absolute Gasteiger partial charge is 0.325 e. The molecule has 0 bridgehead atoms. The van der Waals surface area contributed by atoms with Crippen molar-refractivity contribution in [3.8, 4) is 0 Å². The van der Waals surface area contributed by atoms with Crippen LogP contribution in [0, 0.1) is 12.8 Å². The monoisotopic (exact) mass is 261 g/mol. The summed E-state index contributed by atoms with van der Waals surface area (Å²) < 4.78 is 26.0. The van der Waals surface area contributed by atoms with Gasteiger partial charge in [0.15, 0.2) is 4.90 Å². The summed E-state index contributed by atoms with van der Waals surface area (Å²) in [4.78, 5) is 26.1. The van der Waals surface area contributed by atoms with Gasteiger partial charge in [-0.2, -0.15) is 0 Å². The molecule has 0 amide bonds. The second-order valence-corrected chi connectivity index (χ2v) is 5.81. The molecule has 7 nitrogen and oxygen atoms in total. The van der Waals surface area contributed by atoms with Crippen LogP contribution in [0.3, 0.4) is 0 Å². The predicted molar refractivity (Wildman–Crippen MR) is 62.4 cm³/mol. The zero-order valence-corrected chi connectivity index (χ0v) is 10.6. The fourth-order valence-corrected chi connectivity index (χ4v) is 2.71. The quantitative estimate of drug-likeness (QED) is 0.665. The van der Waals surface area contributed by atoms with E-state index in [2.05, 4.69) is 9.71 Å². The molecule has 8 heteroatoms. The minimum atomic E-state index is -3.90. The lowest BCUT2D eigenvalue weighted by atomic mass is 10.2. The first-order chi connectivity index (χ1) is 7.74. The normalized spacial score (nSPS) is 12.0. The SMILES string of the molecule is Cc1[nH]c(=O)[nH]c(=O)c1S(=O)(=O)NCC(C)C. The lowest BCUT2D eigenvalue weighted by molar-refractivity contribution is 0.557. The van der Waals surface area contributed by atoms with Crippen molar-refractivity contribution in [2.24, 2.45) is 5.92 Å².